The van der Waals surface area contributed by atoms with Gasteiger partial charge in [-0.25, -0.2) is 9.78 Å². The first-order chi connectivity index (χ1) is 22.0. The molecular weight excluding hydrogens is 562 g/mol. The van der Waals surface area contributed by atoms with E-state index in [2.05, 4.69) is 94.0 Å². The Balaban J connectivity index is 1.33. The van der Waals surface area contributed by atoms with Gasteiger partial charge in [0.1, 0.15) is 11.2 Å². The molecule has 220 valence electrons. The van der Waals surface area contributed by atoms with Crippen molar-refractivity contribution in [1.82, 2.24) is 19.3 Å². The molecule has 7 rings (SSSR count). The smallest absolute Gasteiger partial charge is 0.410 e. The Morgan fingerprint density at radius 2 is 1.40 bits per heavy atom. The lowest BCUT2D eigenvalue weighted by molar-refractivity contribution is 0.101. The fourth-order valence-corrected chi connectivity index (χ4v) is 6.26. The summed E-state index contributed by atoms with van der Waals surface area (Å²) in [5, 5.41) is 15.5. The van der Waals surface area contributed by atoms with Crippen molar-refractivity contribution in [3.8, 4) is 11.3 Å². The summed E-state index contributed by atoms with van der Waals surface area (Å²) in [4.78, 5) is 29.5. The molecule has 8 nitrogen and oxygen atoms in total. The van der Waals surface area contributed by atoms with Crippen LogP contribution in [0.15, 0.2) is 139 Å². The first-order valence-corrected chi connectivity index (χ1v) is 14.7. The molecule has 4 aromatic carbocycles. The number of imidazole rings is 1. The van der Waals surface area contributed by atoms with Gasteiger partial charge in [-0.1, -0.05) is 115 Å². The highest BCUT2D eigenvalue weighted by molar-refractivity contribution is 6.11. The van der Waals surface area contributed by atoms with Gasteiger partial charge >= 0.3 is 6.09 Å². The van der Waals surface area contributed by atoms with Crippen molar-refractivity contribution < 1.29 is 14.7 Å². The van der Waals surface area contributed by atoms with Crippen molar-refractivity contribution in [3.63, 3.8) is 0 Å². The number of fused-ring (bicyclic) bond motifs is 1. The van der Waals surface area contributed by atoms with Crippen molar-refractivity contribution in [1.29, 1.82) is 0 Å². The molecule has 0 spiro atoms. The van der Waals surface area contributed by atoms with Crippen LogP contribution in [0.1, 0.15) is 39.2 Å². The normalized spacial score (nSPS) is 13.9. The molecular formula is C37H29N5O3. The molecule has 0 fully saturated rings. The summed E-state index contributed by atoms with van der Waals surface area (Å²) < 4.78 is 3.72. The van der Waals surface area contributed by atoms with E-state index in [0.717, 1.165) is 33.5 Å². The Morgan fingerprint density at radius 3 is 2.00 bits per heavy atom. The van der Waals surface area contributed by atoms with Gasteiger partial charge < -0.3 is 9.67 Å². The Hall–Kier alpha value is -6.02. The number of hydrogen-bond acceptors (Lipinski definition) is 4. The maximum Gasteiger partial charge on any atom is 0.410 e. The SMILES string of the molecule is O=C(O)Nc1cc2n(n1)CC/C(=C\c1ccccc1-c1cn(C(c3ccccc3)(c3ccccc3)c3ccccc3)cn1)C2=O. The van der Waals surface area contributed by atoms with Gasteiger partial charge in [0.15, 0.2) is 5.82 Å². The van der Waals surface area contributed by atoms with E-state index < -0.39 is 11.6 Å². The molecule has 8 heteroatoms. The Labute approximate surface area is 259 Å². The summed E-state index contributed by atoms with van der Waals surface area (Å²) in [6, 6.07) is 40.7. The second kappa shape index (κ2) is 11.6. The zero-order valence-corrected chi connectivity index (χ0v) is 24.2. The van der Waals surface area contributed by atoms with Crippen molar-refractivity contribution in [3.05, 3.63) is 167 Å². The lowest BCUT2D eigenvalue weighted by Gasteiger charge is -2.37. The van der Waals surface area contributed by atoms with E-state index in [-0.39, 0.29) is 11.6 Å². The quantitative estimate of drug-likeness (QED) is 0.149. The first-order valence-electron chi connectivity index (χ1n) is 14.7. The highest BCUT2D eigenvalue weighted by Gasteiger charge is 2.38. The third-order valence-electron chi connectivity index (χ3n) is 8.24. The molecule has 1 aliphatic rings. The number of hydrogen-bond donors (Lipinski definition) is 2. The van der Waals surface area contributed by atoms with Crippen LogP contribution in [0, 0.1) is 0 Å². The molecule has 0 radical (unpaired) electrons. The third-order valence-corrected chi connectivity index (χ3v) is 8.24. The maximum atomic E-state index is 13.5. The molecule has 1 amide bonds. The van der Waals surface area contributed by atoms with Gasteiger partial charge in [0.2, 0.25) is 5.78 Å². The topological polar surface area (TPSA) is 102 Å². The lowest BCUT2D eigenvalue weighted by atomic mass is 9.77. The minimum Gasteiger partial charge on any atom is -0.465 e. The number of carbonyl (C=O) groups excluding carboxylic acids is 1. The van der Waals surface area contributed by atoms with E-state index in [0.29, 0.717) is 24.2 Å². The number of ketones is 1. The summed E-state index contributed by atoms with van der Waals surface area (Å²) >= 11 is 0. The van der Waals surface area contributed by atoms with Crippen LogP contribution < -0.4 is 5.32 Å². The van der Waals surface area contributed by atoms with Crippen molar-refractivity contribution in [2.75, 3.05) is 5.32 Å². The molecule has 0 atom stereocenters. The number of nitrogens with one attached hydrogen (secondary N) is 1. The predicted molar refractivity (Wildman–Crippen MR) is 173 cm³/mol. The van der Waals surface area contributed by atoms with Crippen LogP contribution in [0.25, 0.3) is 17.3 Å². The van der Waals surface area contributed by atoms with Gasteiger partial charge in [0, 0.05) is 29.9 Å². The fraction of sp³-hybridized carbons (Fsp3) is 0.0811. The summed E-state index contributed by atoms with van der Waals surface area (Å²) in [5.41, 5.74) is 6.13. The van der Waals surface area contributed by atoms with Gasteiger partial charge in [-0.2, -0.15) is 5.10 Å². The standard InChI is InChI=1S/C37H29N5O3/c43-35-27(20-21-42-33(35)23-34(40-42)39-36(44)45)22-26-12-10-11-19-31(26)32-24-41(25-38-32)37(28-13-4-1-5-14-28,29-15-6-2-7-16-29)30-17-8-3-9-18-30/h1-19,22-25H,20-21H2,(H,39,40)(H,44,45)/b27-22+. The molecule has 0 saturated heterocycles. The Bertz CT molecular complexity index is 1930. The minimum absolute atomic E-state index is 0.136. The van der Waals surface area contributed by atoms with Gasteiger partial charge in [-0.05, 0) is 34.8 Å². The van der Waals surface area contributed by atoms with Crippen molar-refractivity contribution in [2.24, 2.45) is 0 Å². The summed E-state index contributed by atoms with van der Waals surface area (Å²) in [5.74, 6) is -0.0412. The molecule has 0 saturated carbocycles. The predicted octanol–water partition coefficient (Wildman–Crippen LogP) is 7.35. The van der Waals surface area contributed by atoms with E-state index in [9.17, 15) is 9.59 Å². The molecule has 1 aliphatic heterocycles. The second-order valence-electron chi connectivity index (χ2n) is 10.9. The number of anilines is 1. The van der Waals surface area contributed by atoms with E-state index in [4.69, 9.17) is 10.1 Å². The van der Waals surface area contributed by atoms with E-state index in [1.165, 1.54) is 6.07 Å². The number of benzene rings is 4. The van der Waals surface area contributed by atoms with Gasteiger partial charge in [-0.3, -0.25) is 14.8 Å². The van der Waals surface area contributed by atoms with Crippen LogP contribution in [-0.2, 0) is 12.1 Å². The van der Waals surface area contributed by atoms with Crippen LogP contribution in [0.4, 0.5) is 10.6 Å². The van der Waals surface area contributed by atoms with E-state index in [1.54, 1.807) is 4.68 Å². The van der Waals surface area contributed by atoms with E-state index in [1.807, 2.05) is 54.9 Å². The first kappa shape index (κ1) is 27.8. The van der Waals surface area contributed by atoms with Crippen LogP contribution in [0.5, 0.6) is 0 Å². The van der Waals surface area contributed by atoms with Crippen LogP contribution in [0.3, 0.4) is 0 Å². The average molecular weight is 592 g/mol. The number of allylic oxidation sites excluding steroid dienone is 1. The molecule has 2 aromatic heterocycles. The van der Waals surface area contributed by atoms with Crippen LogP contribution in [0.2, 0.25) is 0 Å². The fourth-order valence-electron chi connectivity index (χ4n) is 6.26. The van der Waals surface area contributed by atoms with Gasteiger partial charge in [0.25, 0.3) is 0 Å². The zero-order valence-electron chi connectivity index (χ0n) is 24.2. The molecule has 0 unspecified atom stereocenters. The largest absolute Gasteiger partial charge is 0.465 e. The molecule has 2 N–H and O–H groups in total. The number of amides is 1. The number of Topliss-reactive ketones (excluding diaryl/α,β-unsaturated/α-hetero) is 1. The van der Waals surface area contributed by atoms with Crippen LogP contribution in [-0.4, -0.2) is 36.3 Å². The maximum absolute atomic E-state index is 13.5. The van der Waals surface area contributed by atoms with E-state index >= 15 is 0 Å². The molecule has 3 heterocycles. The number of carboxylic acid groups (broad SMARTS) is 1. The summed E-state index contributed by atoms with van der Waals surface area (Å²) in [7, 11) is 0. The van der Waals surface area contributed by atoms with Crippen molar-refractivity contribution >= 4 is 23.8 Å². The Morgan fingerprint density at radius 1 is 0.822 bits per heavy atom. The second-order valence-corrected chi connectivity index (χ2v) is 10.9. The number of nitrogens with zero attached hydrogens (tertiary/aromatic N) is 4. The number of aryl methyl sites for hydroxylation is 1. The number of carbonyl (C=O) groups is 2. The highest BCUT2D eigenvalue weighted by atomic mass is 16.4. The van der Waals surface area contributed by atoms with Gasteiger partial charge in [-0.15, -0.1) is 0 Å². The average Bonchev–Trinajstić information content (AvgIpc) is 3.73. The Kier molecular flexibility index (Phi) is 7.15. The molecule has 45 heavy (non-hydrogen) atoms. The zero-order chi connectivity index (χ0) is 30.8. The number of rotatable bonds is 7. The van der Waals surface area contributed by atoms with Crippen LogP contribution >= 0.6 is 0 Å². The highest BCUT2D eigenvalue weighted by Crippen LogP contribution is 2.41. The molecule has 0 aliphatic carbocycles. The summed E-state index contributed by atoms with van der Waals surface area (Å²) in [6.07, 6.45) is 5.12. The molecule has 6 aromatic rings. The monoisotopic (exact) mass is 591 g/mol. The lowest BCUT2D eigenvalue weighted by Crippen LogP contribution is -2.36. The minimum atomic E-state index is -1.22. The third kappa shape index (κ3) is 5.02. The van der Waals surface area contributed by atoms with Crippen molar-refractivity contribution in [2.45, 2.75) is 18.5 Å². The summed E-state index contributed by atoms with van der Waals surface area (Å²) in [6.45, 7) is 0.471. The number of aromatic nitrogens is 4. The molecule has 0 bridgehead atoms. The van der Waals surface area contributed by atoms with Gasteiger partial charge in [0.05, 0.1) is 12.0 Å².